The Labute approximate surface area is 169 Å². The first kappa shape index (κ1) is 18.3. The average Bonchev–Trinajstić information content (AvgIpc) is 2.97. The highest BCUT2D eigenvalue weighted by atomic mass is 16.3. The summed E-state index contributed by atoms with van der Waals surface area (Å²) in [6.45, 7) is 3.48. The number of pyridine rings is 1. The summed E-state index contributed by atoms with van der Waals surface area (Å²) in [6, 6.07) is 9.88. The van der Waals surface area contributed by atoms with Crippen molar-refractivity contribution in [1.29, 1.82) is 0 Å². The summed E-state index contributed by atoms with van der Waals surface area (Å²) in [5.41, 5.74) is 3.46. The van der Waals surface area contributed by atoms with Crippen LogP contribution in [-0.4, -0.2) is 61.4 Å². The van der Waals surface area contributed by atoms with E-state index in [0.29, 0.717) is 17.3 Å². The van der Waals surface area contributed by atoms with Crippen molar-refractivity contribution in [1.82, 2.24) is 24.8 Å². The number of aliphatic hydroxyl groups is 1. The summed E-state index contributed by atoms with van der Waals surface area (Å²) in [7, 11) is 0. The molecule has 2 bridgehead atoms. The number of amides is 1. The number of rotatable bonds is 4. The van der Waals surface area contributed by atoms with Crippen LogP contribution in [0.4, 0.5) is 0 Å². The van der Waals surface area contributed by atoms with Crippen LogP contribution in [-0.2, 0) is 13.2 Å². The molecule has 1 amide bonds. The van der Waals surface area contributed by atoms with Crippen molar-refractivity contribution in [2.24, 2.45) is 5.92 Å². The quantitative estimate of drug-likeness (QED) is 0.712. The van der Waals surface area contributed by atoms with E-state index in [-0.39, 0.29) is 18.6 Å². The number of nitrogens with one attached hydrogen (secondary N) is 1. The predicted octanol–water partition coefficient (Wildman–Crippen LogP) is 2.19. The van der Waals surface area contributed by atoms with Gasteiger partial charge in [0.05, 0.1) is 11.0 Å². The highest BCUT2D eigenvalue weighted by Gasteiger charge is 2.37. The molecule has 5 heterocycles. The lowest BCUT2D eigenvalue weighted by molar-refractivity contribution is 0.0585. The van der Waals surface area contributed by atoms with Crippen molar-refractivity contribution in [2.75, 3.05) is 19.6 Å². The molecule has 3 aliphatic heterocycles. The lowest BCUT2D eigenvalue weighted by Crippen LogP contribution is -2.47. The topological polar surface area (TPSA) is 85.3 Å². The van der Waals surface area contributed by atoms with Crippen LogP contribution < -0.4 is 0 Å². The van der Waals surface area contributed by atoms with E-state index >= 15 is 0 Å². The van der Waals surface area contributed by atoms with Gasteiger partial charge in [-0.3, -0.25) is 14.7 Å². The lowest BCUT2D eigenvalue weighted by Gasteiger charge is -2.36. The number of fused-ring (bicyclic) bond motifs is 5. The zero-order valence-corrected chi connectivity index (χ0v) is 16.3. The van der Waals surface area contributed by atoms with E-state index in [9.17, 15) is 9.90 Å². The van der Waals surface area contributed by atoms with Crippen molar-refractivity contribution in [2.45, 2.75) is 32.0 Å². The third kappa shape index (κ3) is 3.63. The Morgan fingerprint density at radius 2 is 2.14 bits per heavy atom. The number of carbonyl (C=O) groups excluding carboxylic acids is 1. The van der Waals surface area contributed by atoms with Crippen LogP contribution in [0.5, 0.6) is 0 Å². The molecule has 3 fully saturated rings. The van der Waals surface area contributed by atoms with E-state index in [0.717, 1.165) is 43.6 Å². The van der Waals surface area contributed by atoms with E-state index in [1.165, 1.54) is 12.0 Å². The van der Waals surface area contributed by atoms with E-state index in [1.54, 1.807) is 6.20 Å². The second-order valence-corrected chi connectivity index (χ2v) is 8.18. The molecule has 2 atom stereocenters. The van der Waals surface area contributed by atoms with Crippen LogP contribution in [0.3, 0.4) is 0 Å². The monoisotopic (exact) mass is 391 g/mol. The SMILES string of the molecule is O=C(c1ccc2nc(CO)[nH]c2c1)N1C[C@H]2CC[C@@H]1CN(Cc1cccnc1)C2. The van der Waals surface area contributed by atoms with Gasteiger partial charge in [0.2, 0.25) is 0 Å². The number of hydrogen-bond donors (Lipinski definition) is 2. The minimum absolute atomic E-state index is 0.0879. The zero-order valence-electron chi connectivity index (χ0n) is 16.3. The van der Waals surface area contributed by atoms with Crippen LogP contribution in [0, 0.1) is 5.92 Å². The fourth-order valence-corrected chi connectivity index (χ4v) is 4.74. The Balaban J connectivity index is 1.35. The first-order valence-corrected chi connectivity index (χ1v) is 10.2. The first-order valence-electron chi connectivity index (χ1n) is 10.2. The minimum atomic E-state index is -0.138. The Kier molecular flexibility index (Phi) is 4.77. The molecule has 0 radical (unpaired) electrons. The van der Waals surface area contributed by atoms with E-state index in [1.807, 2.05) is 30.5 Å². The van der Waals surface area contributed by atoms with Crippen LogP contribution in [0.2, 0.25) is 0 Å². The van der Waals surface area contributed by atoms with Crippen molar-refractivity contribution >= 4 is 16.9 Å². The van der Waals surface area contributed by atoms with Gasteiger partial charge in [0.15, 0.2) is 0 Å². The fourth-order valence-electron chi connectivity index (χ4n) is 4.74. The molecular formula is C22H25N5O2. The molecule has 0 unspecified atom stereocenters. The van der Waals surface area contributed by atoms with Crippen molar-refractivity contribution in [3.63, 3.8) is 0 Å². The van der Waals surface area contributed by atoms with Gasteiger partial charge in [-0.05, 0) is 48.6 Å². The number of aliphatic hydroxyl groups excluding tert-OH is 1. The van der Waals surface area contributed by atoms with Gasteiger partial charge in [-0.15, -0.1) is 0 Å². The molecule has 0 aliphatic carbocycles. The van der Waals surface area contributed by atoms with E-state index < -0.39 is 0 Å². The zero-order chi connectivity index (χ0) is 19.8. The van der Waals surface area contributed by atoms with Crippen LogP contribution in [0.15, 0.2) is 42.7 Å². The second-order valence-electron chi connectivity index (χ2n) is 8.18. The van der Waals surface area contributed by atoms with Gasteiger partial charge in [-0.2, -0.15) is 0 Å². The fraction of sp³-hybridized carbons (Fsp3) is 0.409. The summed E-state index contributed by atoms with van der Waals surface area (Å²) >= 11 is 0. The van der Waals surface area contributed by atoms with Gasteiger partial charge in [0.25, 0.3) is 5.91 Å². The molecule has 3 saturated heterocycles. The standard InChI is InChI=1S/C22H25N5O2/c28-14-21-24-19-6-4-17(8-20(19)25-21)22(29)27-12-16-3-5-18(27)13-26(11-16)10-15-2-1-7-23-9-15/h1-2,4,6-9,16,18,28H,3,5,10-14H2,(H,24,25)/t16-,18+/m0/s1. The molecular weight excluding hydrogens is 366 g/mol. The molecule has 150 valence electrons. The molecule has 2 N–H and O–H groups in total. The van der Waals surface area contributed by atoms with Gasteiger partial charge in [-0.25, -0.2) is 4.98 Å². The number of carbonyl (C=O) groups is 1. The Morgan fingerprint density at radius 1 is 1.21 bits per heavy atom. The number of nitrogens with zero attached hydrogens (tertiary/aromatic N) is 4. The number of imidazole rings is 1. The maximum absolute atomic E-state index is 13.3. The summed E-state index contributed by atoms with van der Waals surface area (Å²) in [4.78, 5) is 29.5. The summed E-state index contributed by atoms with van der Waals surface area (Å²) in [5.74, 6) is 1.11. The van der Waals surface area contributed by atoms with E-state index in [2.05, 4.69) is 30.8 Å². The van der Waals surface area contributed by atoms with Gasteiger partial charge in [0, 0.05) is 50.2 Å². The smallest absolute Gasteiger partial charge is 0.254 e. The predicted molar refractivity (Wildman–Crippen MR) is 109 cm³/mol. The van der Waals surface area contributed by atoms with Gasteiger partial charge >= 0.3 is 0 Å². The largest absolute Gasteiger partial charge is 0.388 e. The molecule has 7 heteroatoms. The van der Waals surface area contributed by atoms with Crippen LogP contribution in [0.1, 0.15) is 34.6 Å². The highest BCUT2D eigenvalue weighted by Crippen LogP contribution is 2.30. The number of piperidine rings is 1. The van der Waals surface area contributed by atoms with E-state index in [4.69, 9.17) is 0 Å². The van der Waals surface area contributed by atoms with Gasteiger partial charge in [-0.1, -0.05) is 6.07 Å². The molecule has 2 aromatic heterocycles. The number of H-pyrrole nitrogens is 1. The molecule has 7 nitrogen and oxygen atoms in total. The van der Waals surface area contributed by atoms with Gasteiger partial charge < -0.3 is 15.0 Å². The molecule has 1 aromatic carbocycles. The van der Waals surface area contributed by atoms with Crippen molar-refractivity contribution in [3.8, 4) is 0 Å². The summed E-state index contributed by atoms with van der Waals surface area (Å²) in [5, 5.41) is 9.28. The maximum atomic E-state index is 13.3. The van der Waals surface area contributed by atoms with Gasteiger partial charge in [0.1, 0.15) is 12.4 Å². The Morgan fingerprint density at radius 3 is 2.97 bits per heavy atom. The van der Waals surface area contributed by atoms with Crippen molar-refractivity contribution in [3.05, 3.63) is 59.7 Å². The number of aromatic nitrogens is 3. The summed E-state index contributed by atoms with van der Waals surface area (Å²) < 4.78 is 0. The lowest BCUT2D eigenvalue weighted by atomic mass is 9.94. The normalized spacial score (nSPS) is 22.2. The average molecular weight is 391 g/mol. The first-order chi connectivity index (χ1) is 14.2. The Bertz CT molecular complexity index is 1020. The molecule has 3 aliphatic rings. The van der Waals surface area contributed by atoms with Crippen LogP contribution >= 0.6 is 0 Å². The number of aromatic amines is 1. The highest BCUT2D eigenvalue weighted by molar-refractivity contribution is 5.97. The number of benzene rings is 1. The third-order valence-electron chi connectivity index (χ3n) is 6.11. The second kappa shape index (κ2) is 7.57. The Hall–Kier alpha value is -2.77. The number of hydrogen-bond acceptors (Lipinski definition) is 5. The molecule has 3 aromatic rings. The minimum Gasteiger partial charge on any atom is -0.388 e. The van der Waals surface area contributed by atoms with Crippen LogP contribution in [0.25, 0.3) is 11.0 Å². The van der Waals surface area contributed by atoms with Crippen molar-refractivity contribution < 1.29 is 9.90 Å². The molecule has 6 rings (SSSR count). The third-order valence-corrected chi connectivity index (χ3v) is 6.11. The maximum Gasteiger partial charge on any atom is 0.254 e. The molecule has 29 heavy (non-hydrogen) atoms. The summed E-state index contributed by atoms with van der Waals surface area (Å²) in [6.07, 6.45) is 5.96. The molecule has 0 spiro atoms. The molecule has 0 saturated carbocycles.